The van der Waals surface area contributed by atoms with Crippen molar-refractivity contribution in [3.05, 3.63) is 95.0 Å². The van der Waals surface area contributed by atoms with Gasteiger partial charge in [-0.3, -0.25) is 13.9 Å². The summed E-state index contributed by atoms with van der Waals surface area (Å²) >= 11 is 6.20. The lowest BCUT2D eigenvalue weighted by Gasteiger charge is -2.33. The number of rotatable bonds is 12. The highest BCUT2D eigenvalue weighted by Gasteiger charge is 2.33. The number of anilines is 1. The molecule has 0 saturated carbocycles. The average molecular weight is 556 g/mol. The molecule has 9 heteroatoms. The predicted molar refractivity (Wildman–Crippen MR) is 152 cm³/mol. The molecule has 0 saturated heterocycles. The molecule has 1 N–H and O–H groups in total. The minimum absolute atomic E-state index is 0.0468. The van der Waals surface area contributed by atoms with Gasteiger partial charge in [-0.1, -0.05) is 79.5 Å². The van der Waals surface area contributed by atoms with Crippen LogP contribution in [0.3, 0.4) is 0 Å². The van der Waals surface area contributed by atoms with Crippen LogP contribution in [0.15, 0.2) is 83.8 Å². The Kier molecular flexibility index (Phi) is 10.3. The van der Waals surface area contributed by atoms with Crippen LogP contribution in [0.1, 0.15) is 37.8 Å². The van der Waals surface area contributed by atoms with Crippen LogP contribution in [0.2, 0.25) is 5.02 Å². The Morgan fingerprint density at radius 2 is 1.63 bits per heavy atom. The lowest BCUT2D eigenvalue weighted by Crippen LogP contribution is -2.52. The number of aryl methyl sites for hydroxylation is 1. The summed E-state index contributed by atoms with van der Waals surface area (Å²) in [7, 11) is -4.12. The number of halogens is 1. The van der Waals surface area contributed by atoms with Crippen molar-refractivity contribution in [2.24, 2.45) is 0 Å². The predicted octanol–water partition coefficient (Wildman–Crippen LogP) is 5.18. The van der Waals surface area contributed by atoms with Gasteiger partial charge in [0.25, 0.3) is 10.0 Å². The van der Waals surface area contributed by atoms with E-state index in [0.717, 1.165) is 21.9 Å². The van der Waals surface area contributed by atoms with E-state index in [1.807, 2.05) is 45.0 Å². The maximum absolute atomic E-state index is 13.9. The number of carbonyl (C=O) groups is 2. The van der Waals surface area contributed by atoms with Gasteiger partial charge in [0.15, 0.2) is 0 Å². The molecule has 3 rings (SSSR count). The number of benzene rings is 3. The Morgan fingerprint density at radius 1 is 0.947 bits per heavy atom. The molecule has 0 aromatic heterocycles. The van der Waals surface area contributed by atoms with E-state index in [4.69, 9.17) is 11.6 Å². The number of hydrogen-bond donors (Lipinski definition) is 1. The summed E-state index contributed by atoms with van der Waals surface area (Å²) < 4.78 is 28.5. The molecule has 0 aliphatic carbocycles. The fourth-order valence-corrected chi connectivity index (χ4v) is 5.67. The Bertz CT molecular complexity index is 1330. The van der Waals surface area contributed by atoms with E-state index in [2.05, 4.69) is 5.32 Å². The third kappa shape index (κ3) is 7.36. The second kappa shape index (κ2) is 13.4. The van der Waals surface area contributed by atoms with Crippen LogP contribution in [-0.2, 0) is 26.2 Å². The number of carbonyl (C=O) groups excluding carboxylic acids is 2. The standard InChI is InChI=1S/C29H34ClN3O4S/c1-4-18-31-29(35)27(5-2)32(20-23-16-14-22(3)15-17-23)28(34)21-33(25-11-9-10-24(30)19-25)38(36,37)26-12-7-6-8-13-26/h6-17,19,27H,4-5,18,20-21H2,1-3H3,(H,31,35)/t27-/m0/s1. The van der Waals surface area contributed by atoms with Crippen LogP contribution in [0, 0.1) is 6.92 Å². The van der Waals surface area contributed by atoms with Gasteiger partial charge in [0, 0.05) is 18.1 Å². The van der Waals surface area contributed by atoms with E-state index < -0.39 is 28.5 Å². The van der Waals surface area contributed by atoms with Crippen LogP contribution in [-0.4, -0.2) is 44.3 Å². The van der Waals surface area contributed by atoms with Crippen LogP contribution in [0.4, 0.5) is 5.69 Å². The Hall–Kier alpha value is -3.36. The Balaban J connectivity index is 2.03. The summed E-state index contributed by atoms with van der Waals surface area (Å²) in [5, 5.41) is 3.22. The van der Waals surface area contributed by atoms with Crippen molar-refractivity contribution in [2.75, 3.05) is 17.4 Å². The highest BCUT2D eigenvalue weighted by atomic mass is 35.5. The van der Waals surface area contributed by atoms with E-state index in [-0.39, 0.29) is 23.0 Å². The van der Waals surface area contributed by atoms with Crippen molar-refractivity contribution >= 4 is 39.1 Å². The molecule has 38 heavy (non-hydrogen) atoms. The zero-order valence-corrected chi connectivity index (χ0v) is 23.5. The number of amides is 2. The van der Waals surface area contributed by atoms with Crippen LogP contribution >= 0.6 is 11.6 Å². The number of nitrogens with one attached hydrogen (secondary N) is 1. The first-order valence-electron chi connectivity index (χ1n) is 12.6. The normalized spacial score (nSPS) is 12.0. The summed E-state index contributed by atoms with van der Waals surface area (Å²) in [5.41, 5.74) is 2.17. The van der Waals surface area contributed by atoms with Gasteiger partial charge >= 0.3 is 0 Å². The summed E-state index contributed by atoms with van der Waals surface area (Å²) in [4.78, 5) is 28.5. The van der Waals surface area contributed by atoms with E-state index >= 15 is 0 Å². The van der Waals surface area contributed by atoms with Gasteiger partial charge in [-0.05, 0) is 55.7 Å². The molecule has 0 aliphatic heterocycles. The smallest absolute Gasteiger partial charge is 0.264 e. The lowest BCUT2D eigenvalue weighted by atomic mass is 10.1. The zero-order valence-electron chi connectivity index (χ0n) is 21.9. The first kappa shape index (κ1) is 29.2. The molecule has 0 fully saturated rings. The minimum Gasteiger partial charge on any atom is -0.354 e. The highest BCUT2D eigenvalue weighted by molar-refractivity contribution is 7.92. The number of sulfonamides is 1. The average Bonchev–Trinajstić information content (AvgIpc) is 2.91. The van der Waals surface area contributed by atoms with E-state index in [1.54, 1.807) is 36.4 Å². The molecule has 0 spiro atoms. The third-order valence-corrected chi connectivity index (χ3v) is 8.14. The van der Waals surface area contributed by atoms with E-state index in [1.165, 1.54) is 23.1 Å². The molecule has 0 bridgehead atoms. The maximum atomic E-state index is 13.9. The first-order chi connectivity index (χ1) is 18.2. The molecule has 2 amide bonds. The fraction of sp³-hybridized carbons (Fsp3) is 0.310. The SMILES string of the molecule is CCCNC(=O)[C@H](CC)N(Cc1ccc(C)cc1)C(=O)CN(c1cccc(Cl)c1)S(=O)(=O)c1ccccc1. The molecule has 0 unspecified atom stereocenters. The molecule has 1 atom stereocenters. The molecule has 202 valence electrons. The second-order valence-corrected chi connectivity index (χ2v) is 11.3. The molecule has 3 aromatic carbocycles. The van der Waals surface area contributed by atoms with Crippen LogP contribution < -0.4 is 9.62 Å². The van der Waals surface area contributed by atoms with Crippen molar-refractivity contribution in [3.8, 4) is 0 Å². The molecule has 3 aromatic rings. The van der Waals surface area contributed by atoms with E-state index in [9.17, 15) is 18.0 Å². The third-order valence-electron chi connectivity index (χ3n) is 6.11. The van der Waals surface area contributed by atoms with Crippen molar-refractivity contribution < 1.29 is 18.0 Å². The van der Waals surface area contributed by atoms with Gasteiger partial charge in [0.1, 0.15) is 12.6 Å². The minimum atomic E-state index is -4.12. The fourth-order valence-electron chi connectivity index (χ4n) is 4.06. The molecular formula is C29H34ClN3O4S. The van der Waals surface area contributed by atoms with E-state index in [0.29, 0.717) is 18.0 Å². The van der Waals surface area contributed by atoms with Crippen molar-refractivity contribution in [3.63, 3.8) is 0 Å². The molecular weight excluding hydrogens is 522 g/mol. The van der Waals surface area contributed by atoms with Crippen molar-refractivity contribution in [2.45, 2.75) is 51.1 Å². The van der Waals surface area contributed by atoms with Gasteiger partial charge < -0.3 is 10.2 Å². The van der Waals surface area contributed by atoms with Gasteiger partial charge in [-0.25, -0.2) is 8.42 Å². The molecule has 0 heterocycles. The first-order valence-corrected chi connectivity index (χ1v) is 14.4. The van der Waals surface area contributed by atoms with Gasteiger partial charge in [0.2, 0.25) is 11.8 Å². The Labute approximate surface area is 230 Å². The van der Waals surface area contributed by atoms with Crippen molar-refractivity contribution in [1.29, 1.82) is 0 Å². The second-order valence-electron chi connectivity index (χ2n) is 9.03. The quantitative estimate of drug-likeness (QED) is 0.334. The largest absolute Gasteiger partial charge is 0.354 e. The van der Waals surface area contributed by atoms with Gasteiger partial charge in [0.05, 0.1) is 10.6 Å². The summed E-state index contributed by atoms with van der Waals surface area (Å²) in [6, 6.07) is 21.2. The maximum Gasteiger partial charge on any atom is 0.264 e. The van der Waals surface area contributed by atoms with Crippen molar-refractivity contribution in [1.82, 2.24) is 10.2 Å². The van der Waals surface area contributed by atoms with Gasteiger partial charge in [-0.2, -0.15) is 0 Å². The molecule has 0 radical (unpaired) electrons. The highest BCUT2D eigenvalue weighted by Crippen LogP contribution is 2.27. The van der Waals surface area contributed by atoms with Crippen LogP contribution in [0.25, 0.3) is 0 Å². The summed E-state index contributed by atoms with van der Waals surface area (Å²) in [5.74, 6) is -0.765. The topological polar surface area (TPSA) is 86.8 Å². The van der Waals surface area contributed by atoms with Gasteiger partial charge in [-0.15, -0.1) is 0 Å². The van der Waals surface area contributed by atoms with Crippen LogP contribution in [0.5, 0.6) is 0 Å². The Morgan fingerprint density at radius 3 is 2.24 bits per heavy atom. The zero-order chi connectivity index (χ0) is 27.7. The molecule has 7 nitrogen and oxygen atoms in total. The molecule has 0 aliphatic rings. The number of nitrogens with zero attached hydrogens (tertiary/aromatic N) is 2. The monoisotopic (exact) mass is 555 g/mol. The lowest BCUT2D eigenvalue weighted by molar-refractivity contribution is -0.140. The summed E-state index contributed by atoms with van der Waals surface area (Å²) in [6.45, 7) is 5.90. The summed E-state index contributed by atoms with van der Waals surface area (Å²) in [6.07, 6.45) is 1.13. The number of hydrogen-bond acceptors (Lipinski definition) is 4.